The number of nitrogens with one attached hydrogen (secondary N) is 1. The number of anilines is 3. The summed E-state index contributed by atoms with van der Waals surface area (Å²) in [6.07, 6.45) is 0. The molecule has 0 saturated heterocycles. The van der Waals surface area contributed by atoms with Crippen molar-refractivity contribution >= 4 is 44.6 Å². The molecule has 0 aliphatic heterocycles. The molecule has 144 valence electrons. The van der Waals surface area contributed by atoms with Gasteiger partial charge in [0.05, 0.1) is 21.8 Å². The van der Waals surface area contributed by atoms with Crippen LogP contribution in [-0.4, -0.2) is 14.3 Å². The van der Waals surface area contributed by atoms with Crippen LogP contribution in [0, 0.1) is 0 Å². The van der Waals surface area contributed by atoms with Crippen LogP contribution in [0.25, 0.3) is 11.1 Å². The first-order valence-corrected chi connectivity index (χ1v) is 9.97. The van der Waals surface area contributed by atoms with E-state index in [-0.39, 0.29) is 16.1 Å². The number of benzene rings is 3. The van der Waals surface area contributed by atoms with Crippen molar-refractivity contribution in [3.8, 4) is 11.1 Å². The van der Waals surface area contributed by atoms with E-state index in [1.165, 1.54) is 24.3 Å². The summed E-state index contributed by atoms with van der Waals surface area (Å²) in [5.74, 6) is -0.666. The number of primary amides is 1. The maximum Gasteiger partial charge on any atom is 0.250 e. The predicted octanol–water partition coefficient (Wildman–Crippen LogP) is 3.08. The average molecular weight is 417 g/mol. The molecule has 0 heterocycles. The van der Waals surface area contributed by atoms with Gasteiger partial charge in [-0.15, -0.1) is 0 Å². The summed E-state index contributed by atoms with van der Waals surface area (Å²) in [5, 5.41) is 8.76. The number of halogens is 1. The monoisotopic (exact) mass is 416 g/mol. The summed E-state index contributed by atoms with van der Waals surface area (Å²) >= 11 is 5.93. The van der Waals surface area contributed by atoms with E-state index in [1.54, 1.807) is 24.3 Å². The van der Waals surface area contributed by atoms with Crippen molar-refractivity contribution in [1.82, 2.24) is 0 Å². The second-order valence-electron chi connectivity index (χ2n) is 6.05. The Morgan fingerprint density at radius 2 is 1.54 bits per heavy atom. The standard InChI is InChI=1S/C19H17ClN4O3S/c20-13-3-1-11(2-4-13)12-9-16(19(22)25)18(21)17(10-12)24-14-5-7-15(8-6-14)28(23,26)27/h1-10,24H,21H2,(H2,22,25)(H2,23,26,27). The average Bonchev–Trinajstić information content (AvgIpc) is 2.63. The molecule has 3 aromatic carbocycles. The van der Waals surface area contributed by atoms with Gasteiger partial charge in [0.15, 0.2) is 0 Å². The van der Waals surface area contributed by atoms with E-state index >= 15 is 0 Å². The number of amides is 1. The highest BCUT2D eigenvalue weighted by molar-refractivity contribution is 7.89. The van der Waals surface area contributed by atoms with E-state index in [0.717, 1.165) is 5.56 Å². The van der Waals surface area contributed by atoms with Gasteiger partial charge in [-0.2, -0.15) is 0 Å². The third-order valence-electron chi connectivity index (χ3n) is 4.08. The van der Waals surface area contributed by atoms with Gasteiger partial charge in [-0.3, -0.25) is 4.79 Å². The number of rotatable bonds is 5. The quantitative estimate of drug-likeness (QED) is 0.473. The minimum absolute atomic E-state index is 0.0150. The molecule has 0 saturated carbocycles. The third kappa shape index (κ3) is 4.25. The molecule has 28 heavy (non-hydrogen) atoms. The zero-order valence-electron chi connectivity index (χ0n) is 14.5. The fourth-order valence-corrected chi connectivity index (χ4v) is 3.29. The Bertz CT molecular complexity index is 1150. The first kappa shape index (κ1) is 19.7. The predicted molar refractivity (Wildman–Crippen MR) is 111 cm³/mol. The first-order valence-electron chi connectivity index (χ1n) is 8.04. The van der Waals surface area contributed by atoms with Gasteiger partial charge >= 0.3 is 0 Å². The molecule has 3 aromatic rings. The molecule has 7 nitrogen and oxygen atoms in total. The first-order chi connectivity index (χ1) is 13.1. The van der Waals surface area contributed by atoms with Gasteiger partial charge in [0.25, 0.3) is 5.91 Å². The van der Waals surface area contributed by atoms with E-state index in [9.17, 15) is 13.2 Å². The van der Waals surface area contributed by atoms with Crippen molar-refractivity contribution in [2.75, 3.05) is 11.1 Å². The molecule has 9 heteroatoms. The van der Waals surface area contributed by atoms with Crippen molar-refractivity contribution in [1.29, 1.82) is 0 Å². The Morgan fingerprint density at radius 3 is 2.07 bits per heavy atom. The third-order valence-corrected chi connectivity index (χ3v) is 5.27. The van der Waals surface area contributed by atoms with Gasteiger partial charge in [0.2, 0.25) is 10.0 Å². The summed E-state index contributed by atoms with van der Waals surface area (Å²) in [5.41, 5.74) is 14.5. The molecule has 0 fully saturated rings. The molecule has 0 bridgehead atoms. The zero-order chi connectivity index (χ0) is 20.5. The van der Waals surface area contributed by atoms with Crippen molar-refractivity contribution in [3.05, 3.63) is 71.2 Å². The number of carbonyl (C=O) groups is 1. The Morgan fingerprint density at radius 1 is 0.929 bits per heavy atom. The SMILES string of the molecule is NC(=O)c1cc(-c2ccc(Cl)cc2)cc(Nc2ccc(S(N)(=O)=O)cc2)c1N. The zero-order valence-corrected chi connectivity index (χ0v) is 16.1. The summed E-state index contributed by atoms with van der Waals surface area (Å²) in [4.78, 5) is 11.8. The summed E-state index contributed by atoms with van der Waals surface area (Å²) in [7, 11) is -3.79. The van der Waals surface area contributed by atoms with E-state index < -0.39 is 15.9 Å². The molecule has 3 rings (SSSR count). The van der Waals surface area contributed by atoms with Crippen LogP contribution >= 0.6 is 11.6 Å². The fraction of sp³-hybridized carbons (Fsp3) is 0. The maximum atomic E-state index is 11.8. The number of carbonyl (C=O) groups excluding carboxylic acids is 1. The number of sulfonamides is 1. The Kier molecular flexibility index (Phi) is 5.28. The molecule has 1 amide bonds. The topological polar surface area (TPSA) is 141 Å². The number of nitrogen functional groups attached to an aromatic ring is 1. The molecule has 0 radical (unpaired) electrons. The molecule has 0 aliphatic carbocycles. The van der Waals surface area contributed by atoms with Crippen molar-refractivity contribution < 1.29 is 13.2 Å². The van der Waals surface area contributed by atoms with Crippen LogP contribution in [0.5, 0.6) is 0 Å². The van der Waals surface area contributed by atoms with Crippen LogP contribution in [0.2, 0.25) is 5.02 Å². The number of primary sulfonamides is 1. The van der Waals surface area contributed by atoms with E-state index in [1.807, 2.05) is 12.1 Å². The van der Waals surface area contributed by atoms with Gasteiger partial charge in [0, 0.05) is 10.7 Å². The molecule has 0 atom stereocenters. The summed E-state index contributed by atoms with van der Waals surface area (Å²) in [6, 6.07) is 16.3. The second kappa shape index (κ2) is 7.51. The van der Waals surface area contributed by atoms with E-state index in [2.05, 4.69) is 5.32 Å². The second-order valence-corrected chi connectivity index (χ2v) is 8.05. The van der Waals surface area contributed by atoms with Gasteiger partial charge in [-0.05, 0) is 59.7 Å². The van der Waals surface area contributed by atoms with Crippen molar-refractivity contribution in [3.63, 3.8) is 0 Å². The molecule has 0 aliphatic rings. The molecule has 0 spiro atoms. The number of hydrogen-bond acceptors (Lipinski definition) is 5. The molecule has 0 aromatic heterocycles. The van der Waals surface area contributed by atoms with Crippen LogP contribution in [0.3, 0.4) is 0 Å². The Balaban J connectivity index is 2.04. The lowest BCUT2D eigenvalue weighted by Gasteiger charge is -2.15. The van der Waals surface area contributed by atoms with Crippen LogP contribution in [0.1, 0.15) is 10.4 Å². The Hall–Kier alpha value is -3.07. The molecular formula is C19H17ClN4O3S. The highest BCUT2D eigenvalue weighted by atomic mass is 35.5. The van der Waals surface area contributed by atoms with E-state index in [4.69, 9.17) is 28.2 Å². The number of nitrogens with two attached hydrogens (primary N) is 3. The Labute approximate surface area is 167 Å². The lowest BCUT2D eigenvalue weighted by atomic mass is 10.00. The number of hydrogen-bond donors (Lipinski definition) is 4. The van der Waals surface area contributed by atoms with Gasteiger partial charge in [0.1, 0.15) is 0 Å². The minimum Gasteiger partial charge on any atom is -0.396 e. The van der Waals surface area contributed by atoms with Gasteiger partial charge < -0.3 is 16.8 Å². The normalized spacial score (nSPS) is 11.2. The van der Waals surface area contributed by atoms with Crippen molar-refractivity contribution in [2.45, 2.75) is 4.90 Å². The van der Waals surface area contributed by atoms with Crippen LogP contribution < -0.4 is 21.9 Å². The minimum atomic E-state index is -3.79. The molecule has 7 N–H and O–H groups in total. The largest absolute Gasteiger partial charge is 0.396 e. The van der Waals surface area contributed by atoms with Crippen LogP contribution in [0.15, 0.2) is 65.6 Å². The summed E-state index contributed by atoms with van der Waals surface area (Å²) < 4.78 is 22.8. The van der Waals surface area contributed by atoms with Crippen molar-refractivity contribution in [2.24, 2.45) is 10.9 Å². The smallest absolute Gasteiger partial charge is 0.250 e. The van der Waals surface area contributed by atoms with Crippen LogP contribution in [-0.2, 0) is 10.0 Å². The summed E-state index contributed by atoms with van der Waals surface area (Å²) in [6.45, 7) is 0. The maximum absolute atomic E-state index is 11.8. The highest BCUT2D eigenvalue weighted by Crippen LogP contribution is 2.33. The van der Waals surface area contributed by atoms with Gasteiger partial charge in [-0.25, -0.2) is 13.6 Å². The molecular weight excluding hydrogens is 400 g/mol. The highest BCUT2D eigenvalue weighted by Gasteiger charge is 2.14. The lowest BCUT2D eigenvalue weighted by Crippen LogP contribution is -2.15. The van der Waals surface area contributed by atoms with E-state index in [0.29, 0.717) is 22.0 Å². The molecule has 0 unspecified atom stereocenters. The van der Waals surface area contributed by atoms with Gasteiger partial charge in [-0.1, -0.05) is 23.7 Å². The van der Waals surface area contributed by atoms with Crippen LogP contribution in [0.4, 0.5) is 17.1 Å². The fourth-order valence-electron chi connectivity index (χ4n) is 2.65. The lowest BCUT2D eigenvalue weighted by molar-refractivity contribution is 0.100.